The quantitative estimate of drug-likeness (QED) is 0.544. The largest absolute Gasteiger partial charge is 0.487 e. The molecule has 0 N–H and O–H groups in total. The van der Waals surface area contributed by atoms with Gasteiger partial charge in [0, 0.05) is 43.3 Å². The number of para-hydroxylation sites is 1. The number of hydrogen-bond acceptors (Lipinski definition) is 5. The normalized spacial score (nSPS) is 13.5. The Hall–Kier alpha value is -2.86. The lowest BCUT2D eigenvalue weighted by atomic mass is 10.1. The summed E-state index contributed by atoms with van der Waals surface area (Å²) in [5, 5.41) is 3.03. The molecule has 6 heteroatoms. The highest BCUT2D eigenvalue weighted by molar-refractivity contribution is 7.09. The van der Waals surface area contributed by atoms with Crippen molar-refractivity contribution in [2.75, 3.05) is 25.0 Å². The summed E-state index contributed by atoms with van der Waals surface area (Å²) in [5.41, 5.74) is 4.02. The van der Waals surface area contributed by atoms with Crippen molar-refractivity contribution in [3.8, 4) is 5.75 Å². The second-order valence-corrected chi connectivity index (χ2v) is 8.72. The van der Waals surface area contributed by atoms with Gasteiger partial charge in [-0.1, -0.05) is 18.2 Å². The summed E-state index contributed by atoms with van der Waals surface area (Å²) in [6, 6.07) is 15.7. The van der Waals surface area contributed by atoms with Crippen molar-refractivity contribution in [2.24, 2.45) is 0 Å². The summed E-state index contributed by atoms with van der Waals surface area (Å²) in [6.07, 6.45) is 2.47. The van der Waals surface area contributed by atoms with Crippen LogP contribution in [0.5, 0.6) is 5.75 Å². The third-order valence-electron chi connectivity index (χ3n) is 5.35. The van der Waals surface area contributed by atoms with Crippen molar-refractivity contribution in [2.45, 2.75) is 32.9 Å². The summed E-state index contributed by atoms with van der Waals surface area (Å²) < 4.78 is 5.78. The van der Waals surface area contributed by atoms with E-state index in [4.69, 9.17) is 4.74 Å². The first-order valence-electron chi connectivity index (χ1n) is 10.3. The highest BCUT2D eigenvalue weighted by Crippen LogP contribution is 2.26. The van der Waals surface area contributed by atoms with Gasteiger partial charge in [-0.3, -0.25) is 4.79 Å². The summed E-state index contributed by atoms with van der Waals surface area (Å²) in [4.78, 5) is 21.5. The van der Waals surface area contributed by atoms with Gasteiger partial charge in [-0.25, -0.2) is 4.98 Å². The van der Waals surface area contributed by atoms with Crippen LogP contribution in [0, 0.1) is 6.92 Å². The van der Waals surface area contributed by atoms with E-state index in [1.165, 1.54) is 24.1 Å². The molecule has 0 saturated carbocycles. The zero-order chi connectivity index (χ0) is 20.9. The van der Waals surface area contributed by atoms with Gasteiger partial charge in [0.1, 0.15) is 12.4 Å². The van der Waals surface area contributed by atoms with Crippen molar-refractivity contribution in [3.05, 3.63) is 75.7 Å². The molecule has 30 heavy (non-hydrogen) atoms. The second-order valence-electron chi connectivity index (χ2n) is 7.65. The third kappa shape index (κ3) is 4.82. The molecule has 156 valence electrons. The van der Waals surface area contributed by atoms with Crippen molar-refractivity contribution in [1.82, 2.24) is 9.88 Å². The van der Waals surface area contributed by atoms with E-state index in [1.54, 1.807) is 16.2 Å². The maximum absolute atomic E-state index is 12.9. The Kier molecular flexibility index (Phi) is 6.33. The molecule has 0 radical (unpaired) electrons. The SMILES string of the molecule is Cc1nc(COc2ccc(C(=O)N(C)Cc3ccccc3N3CCCC3)cc2)cs1. The minimum absolute atomic E-state index is 0.00732. The van der Waals surface area contributed by atoms with Gasteiger partial charge >= 0.3 is 0 Å². The zero-order valence-corrected chi connectivity index (χ0v) is 18.3. The van der Waals surface area contributed by atoms with Crippen LogP contribution in [0.4, 0.5) is 5.69 Å². The lowest BCUT2D eigenvalue weighted by Crippen LogP contribution is -2.28. The Morgan fingerprint density at radius 3 is 2.57 bits per heavy atom. The topological polar surface area (TPSA) is 45.7 Å². The molecule has 0 unspecified atom stereocenters. The van der Waals surface area contributed by atoms with Crippen molar-refractivity contribution < 1.29 is 9.53 Å². The van der Waals surface area contributed by atoms with Gasteiger partial charge in [-0.15, -0.1) is 11.3 Å². The summed E-state index contributed by atoms with van der Waals surface area (Å²) in [7, 11) is 1.86. The molecule has 5 nitrogen and oxygen atoms in total. The molecule has 1 aromatic heterocycles. The zero-order valence-electron chi connectivity index (χ0n) is 17.5. The number of nitrogens with zero attached hydrogens (tertiary/aromatic N) is 3. The molecule has 1 fully saturated rings. The standard InChI is InChI=1S/C24H27N3O2S/c1-18-25-21(17-30-18)16-29-22-11-9-19(10-12-22)24(28)26(2)15-20-7-3-4-8-23(20)27-13-5-6-14-27/h3-4,7-12,17H,5-6,13-16H2,1-2H3. The monoisotopic (exact) mass is 421 g/mol. The van der Waals surface area contributed by atoms with Gasteiger partial charge in [0.25, 0.3) is 5.91 Å². The average molecular weight is 422 g/mol. The second kappa shape index (κ2) is 9.30. The lowest BCUT2D eigenvalue weighted by molar-refractivity contribution is 0.0785. The minimum Gasteiger partial charge on any atom is -0.487 e. The Balaban J connectivity index is 1.38. The first kappa shape index (κ1) is 20.4. The number of amides is 1. The van der Waals surface area contributed by atoms with Crippen LogP contribution in [-0.2, 0) is 13.2 Å². The van der Waals surface area contributed by atoms with Crippen LogP contribution in [0.25, 0.3) is 0 Å². The predicted molar refractivity (Wildman–Crippen MR) is 121 cm³/mol. The number of aromatic nitrogens is 1. The summed E-state index contributed by atoms with van der Waals surface area (Å²) >= 11 is 1.61. The summed E-state index contributed by atoms with van der Waals surface area (Å²) in [5.74, 6) is 0.743. The molecule has 3 aromatic rings. The number of ether oxygens (including phenoxy) is 1. The van der Waals surface area contributed by atoms with E-state index >= 15 is 0 Å². The van der Waals surface area contributed by atoms with Gasteiger partial charge in [0.15, 0.2) is 0 Å². The fourth-order valence-electron chi connectivity index (χ4n) is 3.78. The van der Waals surface area contributed by atoms with E-state index in [0.717, 1.165) is 29.5 Å². The molecular weight excluding hydrogens is 394 g/mol. The van der Waals surface area contributed by atoms with Crippen LogP contribution in [0.1, 0.15) is 39.5 Å². The lowest BCUT2D eigenvalue weighted by Gasteiger charge is -2.24. The number of rotatable bonds is 7. The molecular formula is C24H27N3O2S. The molecule has 2 aromatic carbocycles. The van der Waals surface area contributed by atoms with Crippen LogP contribution in [0.2, 0.25) is 0 Å². The van der Waals surface area contributed by atoms with Gasteiger partial charge in [-0.05, 0) is 55.7 Å². The molecule has 1 saturated heterocycles. The Bertz CT molecular complexity index is 994. The maximum atomic E-state index is 12.9. The smallest absolute Gasteiger partial charge is 0.253 e. The predicted octanol–water partition coefficient (Wildman–Crippen LogP) is 4.90. The first-order valence-corrected chi connectivity index (χ1v) is 11.2. The Morgan fingerprint density at radius 2 is 1.87 bits per heavy atom. The van der Waals surface area contributed by atoms with Gasteiger partial charge in [-0.2, -0.15) is 0 Å². The number of carbonyl (C=O) groups is 1. The molecule has 1 amide bonds. The third-order valence-corrected chi connectivity index (χ3v) is 6.17. The molecule has 2 heterocycles. The highest BCUT2D eigenvalue weighted by atomic mass is 32.1. The van der Waals surface area contributed by atoms with E-state index in [2.05, 4.69) is 28.1 Å². The number of hydrogen-bond donors (Lipinski definition) is 0. The van der Waals surface area contributed by atoms with Gasteiger partial charge in [0.2, 0.25) is 0 Å². The van der Waals surface area contributed by atoms with Crippen LogP contribution in [0.3, 0.4) is 0 Å². The molecule has 0 bridgehead atoms. The van der Waals surface area contributed by atoms with Crippen LogP contribution in [-0.4, -0.2) is 35.9 Å². The number of anilines is 1. The molecule has 4 rings (SSSR count). The van der Waals surface area contributed by atoms with Crippen molar-refractivity contribution >= 4 is 22.9 Å². The fraction of sp³-hybridized carbons (Fsp3) is 0.333. The number of aryl methyl sites for hydroxylation is 1. The van der Waals surface area contributed by atoms with E-state index in [-0.39, 0.29) is 5.91 Å². The van der Waals surface area contributed by atoms with Crippen molar-refractivity contribution in [3.63, 3.8) is 0 Å². The first-order chi connectivity index (χ1) is 14.6. The number of thiazole rings is 1. The van der Waals surface area contributed by atoms with Crippen LogP contribution in [0.15, 0.2) is 53.9 Å². The van der Waals surface area contributed by atoms with Crippen LogP contribution < -0.4 is 9.64 Å². The van der Waals surface area contributed by atoms with Gasteiger partial charge in [0.05, 0.1) is 10.7 Å². The maximum Gasteiger partial charge on any atom is 0.253 e. The van der Waals surface area contributed by atoms with Crippen LogP contribution >= 0.6 is 11.3 Å². The molecule has 1 aliphatic rings. The highest BCUT2D eigenvalue weighted by Gasteiger charge is 2.18. The molecule has 0 aliphatic carbocycles. The average Bonchev–Trinajstić information content (AvgIpc) is 3.44. The number of benzene rings is 2. The number of carbonyl (C=O) groups excluding carboxylic acids is 1. The van der Waals surface area contributed by atoms with E-state index in [9.17, 15) is 4.79 Å². The Morgan fingerprint density at radius 1 is 1.13 bits per heavy atom. The van der Waals surface area contributed by atoms with E-state index < -0.39 is 0 Å². The van der Waals surface area contributed by atoms with Gasteiger partial charge < -0.3 is 14.5 Å². The fourth-order valence-corrected chi connectivity index (χ4v) is 4.38. The molecule has 0 spiro atoms. The summed E-state index contributed by atoms with van der Waals surface area (Å²) in [6.45, 7) is 5.19. The molecule has 0 atom stereocenters. The molecule has 1 aliphatic heterocycles. The van der Waals surface area contributed by atoms with E-state index in [1.807, 2.05) is 49.7 Å². The minimum atomic E-state index is 0.00732. The van der Waals surface area contributed by atoms with Crippen molar-refractivity contribution in [1.29, 1.82) is 0 Å². The van der Waals surface area contributed by atoms with E-state index in [0.29, 0.717) is 18.7 Å². The Labute approximate surface area is 181 Å².